The Morgan fingerprint density at radius 3 is 2.52 bits per heavy atom. The molecule has 0 unspecified atom stereocenters. The van der Waals surface area contributed by atoms with Gasteiger partial charge in [-0.3, -0.25) is 14.3 Å². The van der Waals surface area contributed by atoms with E-state index in [4.69, 9.17) is 14.2 Å². The van der Waals surface area contributed by atoms with Crippen molar-refractivity contribution < 1.29 is 32.2 Å². The Morgan fingerprint density at radius 2 is 1.76 bits per heavy atom. The number of methoxy groups -OCH3 is 2. The second-order valence-corrected chi connectivity index (χ2v) is 16.8. The molecule has 284 valence electrons. The molecule has 2 amide bonds. The van der Waals surface area contributed by atoms with E-state index in [1.165, 1.54) is 18.2 Å². The molecule has 4 heterocycles. The van der Waals surface area contributed by atoms with Crippen molar-refractivity contribution in [2.24, 2.45) is 7.05 Å². The van der Waals surface area contributed by atoms with E-state index >= 15 is 0 Å². The second kappa shape index (κ2) is 14.7. The predicted molar refractivity (Wildman–Crippen MR) is 206 cm³/mol. The Hall–Kier alpha value is -4.88. The molecule has 2 saturated carbocycles. The highest BCUT2D eigenvalue weighted by Gasteiger charge is 2.34. The summed E-state index contributed by atoms with van der Waals surface area (Å²) in [6, 6.07) is 11.7. The maximum Gasteiger partial charge on any atom is 0.264 e. The second-order valence-electron chi connectivity index (χ2n) is 14.8. The SMILES string of the molecule is COC=C1COCCN1C(=O)c1cnn(C)c1C1=Cc2cc(OC)ccc2-c2c(C3CCCCC3)c3ccc(C(=O)NS(=O)(=O)C4CCCC4)cc3n2C1. The molecule has 2 aromatic heterocycles. The van der Waals surface area contributed by atoms with E-state index < -0.39 is 21.2 Å². The zero-order chi connectivity index (χ0) is 37.6. The first kappa shape index (κ1) is 36.1. The minimum absolute atomic E-state index is 0.205. The monoisotopic (exact) mass is 753 g/mol. The highest BCUT2D eigenvalue weighted by atomic mass is 32.2. The van der Waals surface area contributed by atoms with Gasteiger partial charge in [0.2, 0.25) is 10.0 Å². The van der Waals surface area contributed by atoms with Gasteiger partial charge in [0.15, 0.2) is 0 Å². The average molecular weight is 754 g/mol. The molecule has 2 aromatic carbocycles. The normalized spacial score (nSPS) is 19.0. The first-order valence-corrected chi connectivity index (χ1v) is 20.5. The molecule has 8 rings (SSSR count). The number of aromatic nitrogens is 3. The van der Waals surface area contributed by atoms with Crippen LogP contribution in [0.4, 0.5) is 0 Å². The minimum Gasteiger partial charge on any atom is -0.502 e. The number of benzene rings is 2. The van der Waals surface area contributed by atoms with E-state index in [1.54, 1.807) is 36.1 Å². The molecule has 0 bridgehead atoms. The predicted octanol–water partition coefficient (Wildman–Crippen LogP) is 6.61. The Kier molecular flexibility index (Phi) is 9.86. The van der Waals surface area contributed by atoms with Crippen LogP contribution in [0.1, 0.15) is 101 Å². The van der Waals surface area contributed by atoms with Crippen LogP contribution in [0.25, 0.3) is 33.8 Å². The summed E-state index contributed by atoms with van der Waals surface area (Å²) in [6.07, 6.45) is 13.7. The molecule has 12 nitrogen and oxygen atoms in total. The van der Waals surface area contributed by atoms with Crippen LogP contribution in [0.5, 0.6) is 5.75 Å². The number of allylic oxidation sites excluding steroid dienone is 1. The third-order valence-corrected chi connectivity index (χ3v) is 13.4. The fourth-order valence-corrected chi connectivity index (χ4v) is 10.4. The topological polar surface area (TPSA) is 134 Å². The van der Waals surface area contributed by atoms with Crippen LogP contribution < -0.4 is 9.46 Å². The maximum atomic E-state index is 14.4. The number of ether oxygens (including phenoxy) is 3. The number of sulfonamides is 1. The van der Waals surface area contributed by atoms with Gasteiger partial charge in [0.1, 0.15) is 12.0 Å². The summed E-state index contributed by atoms with van der Waals surface area (Å²) >= 11 is 0. The summed E-state index contributed by atoms with van der Waals surface area (Å²) in [5, 5.41) is 5.09. The number of nitrogens with one attached hydrogen (secondary N) is 1. The van der Waals surface area contributed by atoms with Gasteiger partial charge in [-0.2, -0.15) is 5.10 Å². The molecule has 4 aliphatic rings. The van der Waals surface area contributed by atoms with Crippen molar-refractivity contribution in [3.8, 4) is 17.0 Å². The molecule has 3 fully saturated rings. The molecule has 1 N–H and O–H groups in total. The molecule has 4 aromatic rings. The van der Waals surface area contributed by atoms with Crippen LogP contribution in [-0.2, 0) is 33.1 Å². The summed E-state index contributed by atoms with van der Waals surface area (Å²) in [7, 11) is 1.23. The van der Waals surface area contributed by atoms with E-state index in [0.717, 1.165) is 71.8 Å². The fourth-order valence-electron chi connectivity index (χ4n) is 8.94. The van der Waals surface area contributed by atoms with Gasteiger partial charge in [-0.1, -0.05) is 38.2 Å². The molecule has 13 heteroatoms. The fraction of sp³-hybridized carbons (Fsp3) is 0.439. The van der Waals surface area contributed by atoms with Crippen molar-refractivity contribution in [3.05, 3.63) is 82.5 Å². The lowest BCUT2D eigenvalue weighted by Crippen LogP contribution is -2.39. The summed E-state index contributed by atoms with van der Waals surface area (Å²) < 4.78 is 49.5. The van der Waals surface area contributed by atoms with Crippen molar-refractivity contribution in [2.45, 2.75) is 75.5 Å². The Morgan fingerprint density at radius 1 is 0.981 bits per heavy atom. The van der Waals surface area contributed by atoms with Gasteiger partial charge in [-0.15, -0.1) is 0 Å². The van der Waals surface area contributed by atoms with E-state index in [2.05, 4.69) is 26.5 Å². The number of amides is 2. The van der Waals surface area contributed by atoms with Crippen LogP contribution in [0.15, 0.2) is 54.6 Å². The number of fused-ring (bicyclic) bond motifs is 5. The average Bonchev–Trinajstić information content (AvgIpc) is 3.91. The molecule has 54 heavy (non-hydrogen) atoms. The first-order valence-electron chi connectivity index (χ1n) is 18.9. The van der Waals surface area contributed by atoms with Gasteiger partial charge in [0.25, 0.3) is 11.8 Å². The zero-order valence-corrected chi connectivity index (χ0v) is 31.9. The minimum atomic E-state index is -3.81. The Bertz CT molecular complexity index is 2290. The van der Waals surface area contributed by atoms with Crippen molar-refractivity contribution in [2.75, 3.05) is 34.0 Å². The summed E-state index contributed by atoms with van der Waals surface area (Å²) in [5.41, 5.74) is 7.97. The Labute approximate surface area is 315 Å². The van der Waals surface area contributed by atoms with E-state index in [0.29, 0.717) is 61.2 Å². The number of nitrogens with zero attached hydrogens (tertiary/aromatic N) is 4. The van der Waals surface area contributed by atoms with E-state index in [-0.39, 0.29) is 18.1 Å². The molecule has 2 aliphatic carbocycles. The highest BCUT2D eigenvalue weighted by molar-refractivity contribution is 7.90. The lowest BCUT2D eigenvalue weighted by Gasteiger charge is -2.29. The first-order chi connectivity index (χ1) is 26.2. The van der Waals surface area contributed by atoms with Crippen LogP contribution in [0, 0.1) is 0 Å². The number of rotatable bonds is 8. The molecular formula is C41H47N5O7S. The molecular weight excluding hydrogens is 707 g/mol. The van der Waals surface area contributed by atoms with Gasteiger partial charge >= 0.3 is 0 Å². The summed E-state index contributed by atoms with van der Waals surface area (Å²) in [4.78, 5) is 29.8. The van der Waals surface area contributed by atoms with Crippen molar-refractivity contribution in [1.82, 2.24) is 24.0 Å². The van der Waals surface area contributed by atoms with Gasteiger partial charge < -0.3 is 23.7 Å². The number of morpholine rings is 1. The lowest BCUT2D eigenvalue weighted by molar-refractivity contribution is 0.0487. The third-order valence-electron chi connectivity index (χ3n) is 11.6. The molecule has 1 saturated heterocycles. The third kappa shape index (κ3) is 6.51. The van der Waals surface area contributed by atoms with Crippen molar-refractivity contribution in [3.63, 3.8) is 0 Å². The zero-order valence-electron chi connectivity index (χ0n) is 31.1. The summed E-state index contributed by atoms with van der Waals surface area (Å²) in [6.45, 7) is 1.40. The van der Waals surface area contributed by atoms with Gasteiger partial charge in [0.05, 0.1) is 68.1 Å². The molecule has 2 aliphatic heterocycles. The standard InChI is InChI=1S/C41H47N5O7S/c1-44-38(35(22-42-44)41(48)45-17-18-53-25-30(45)24-51-2)29-19-28-20-31(52-3)14-16-33(28)39-37(26-9-5-4-6-10-26)34-15-13-27(21-36(34)46(39)23-29)40(47)43-54(49,50)32-11-7-8-12-32/h13-16,19-22,24,26,32H,4-12,17-18,23,25H2,1-3H3,(H,43,47). The highest BCUT2D eigenvalue weighted by Crippen LogP contribution is 2.48. The number of hydrogen-bond acceptors (Lipinski definition) is 8. The van der Waals surface area contributed by atoms with Gasteiger partial charge in [0, 0.05) is 35.6 Å². The molecule has 0 spiro atoms. The Balaban J connectivity index is 1.30. The van der Waals surface area contributed by atoms with Gasteiger partial charge in [-0.05, 0) is 84.7 Å². The van der Waals surface area contributed by atoms with E-state index in [9.17, 15) is 18.0 Å². The smallest absolute Gasteiger partial charge is 0.264 e. The molecule has 0 atom stereocenters. The van der Waals surface area contributed by atoms with Crippen LogP contribution >= 0.6 is 0 Å². The largest absolute Gasteiger partial charge is 0.502 e. The summed E-state index contributed by atoms with van der Waals surface area (Å²) in [5.74, 6) is 0.179. The quantitative estimate of drug-likeness (QED) is 0.199. The number of carbonyl (C=O) groups excluding carboxylic acids is 2. The van der Waals surface area contributed by atoms with Crippen molar-refractivity contribution in [1.29, 1.82) is 0 Å². The van der Waals surface area contributed by atoms with Gasteiger partial charge in [-0.25, -0.2) is 13.1 Å². The lowest BCUT2D eigenvalue weighted by atomic mass is 9.81. The maximum absolute atomic E-state index is 14.4. The van der Waals surface area contributed by atoms with Crippen LogP contribution in [0.3, 0.4) is 0 Å². The van der Waals surface area contributed by atoms with Crippen LogP contribution in [-0.4, -0.2) is 78.7 Å². The van der Waals surface area contributed by atoms with Crippen molar-refractivity contribution >= 4 is 44.4 Å². The number of aryl methyl sites for hydroxylation is 1. The van der Waals surface area contributed by atoms with E-state index in [1.807, 2.05) is 31.3 Å². The van der Waals surface area contributed by atoms with Crippen LogP contribution in [0.2, 0.25) is 0 Å². The number of carbonyl (C=O) groups is 2. The number of hydrogen-bond donors (Lipinski definition) is 1. The molecule has 0 radical (unpaired) electrons.